The van der Waals surface area contributed by atoms with E-state index in [1.165, 1.54) is 12.1 Å². The monoisotopic (exact) mass is 340 g/mol. The molecule has 2 aromatic rings. The highest BCUT2D eigenvalue weighted by atomic mass is 16.4. The van der Waals surface area contributed by atoms with Gasteiger partial charge >= 0.3 is 5.97 Å². The largest absolute Gasteiger partial charge is 0.478 e. The third kappa shape index (κ3) is 4.67. The Labute approximate surface area is 145 Å². The molecule has 130 valence electrons. The minimum atomic E-state index is -1.16. The zero-order chi connectivity index (χ0) is 18.4. The molecule has 0 fully saturated rings. The van der Waals surface area contributed by atoms with Crippen molar-refractivity contribution in [1.82, 2.24) is 5.32 Å². The summed E-state index contributed by atoms with van der Waals surface area (Å²) in [6.45, 7) is 3.91. The minimum absolute atomic E-state index is 0.0652. The predicted molar refractivity (Wildman–Crippen MR) is 95.0 cm³/mol. The summed E-state index contributed by atoms with van der Waals surface area (Å²) in [4.78, 5) is 35.5. The van der Waals surface area contributed by atoms with Crippen LogP contribution in [0.3, 0.4) is 0 Å². The molecule has 0 saturated heterocycles. The number of hydrogen-bond acceptors (Lipinski definition) is 3. The molecule has 0 bridgehead atoms. The van der Waals surface area contributed by atoms with Crippen molar-refractivity contribution >= 4 is 23.5 Å². The smallest absolute Gasteiger partial charge is 0.336 e. The fourth-order valence-corrected chi connectivity index (χ4v) is 2.18. The predicted octanol–water partition coefficient (Wildman–Crippen LogP) is 3.17. The van der Waals surface area contributed by atoms with Crippen LogP contribution in [0.15, 0.2) is 48.5 Å². The van der Waals surface area contributed by atoms with Gasteiger partial charge in [0.05, 0.1) is 11.1 Å². The Hall–Kier alpha value is -3.15. The molecule has 2 amide bonds. The summed E-state index contributed by atoms with van der Waals surface area (Å²) in [6, 6.07) is 12.5. The van der Waals surface area contributed by atoms with Gasteiger partial charge in [-0.25, -0.2) is 4.79 Å². The number of aromatic carboxylic acids is 1. The third-order valence-corrected chi connectivity index (χ3v) is 3.80. The topological polar surface area (TPSA) is 95.5 Å². The number of amides is 2. The van der Waals surface area contributed by atoms with Crippen molar-refractivity contribution in [3.8, 4) is 0 Å². The van der Waals surface area contributed by atoms with E-state index in [-0.39, 0.29) is 23.1 Å². The fourth-order valence-electron chi connectivity index (χ4n) is 2.18. The molecule has 0 aromatic heterocycles. The zero-order valence-corrected chi connectivity index (χ0v) is 14.1. The van der Waals surface area contributed by atoms with E-state index in [0.29, 0.717) is 11.3 Å². The number of carboxylic acids is 1. The van der Waals surface area contributed by atoms with Crippen LogP contribution in [0.4, 0.5) is 5.69 Å². The van der Waals surface area contributed by atoms with Crippen molar-refractivity contribution < 1.29 is 19.5 Å². The fraction of sp³-hybridized carbons (Fsp3) is 0.211. The maximum absolute atomic E-state index is 12.3. The summed E-state index contributed by atoms with van der Waals surface area (Å²) in [6.07, 6.45) is 0.836. The van der Waals surface area contributed by atoms with Crippen LogP contribution in [0.5, 0.6) is 0 Å². The van der Waals surface area contributed by atoms with Gasteiger partial charge in [0.1, 0.15) is 0 Å². The molecule has 0 aliphatic carbocycles. The van der Waals surface area contributed by atoms with Crippen LogP contribution in [0.25, 0.3) is 0 Å². The van der Waals surface area contributed by atoms with Crippen LogP contribution in [-0.2, 0) is 0 Å². The molecule has 0 saturated carbocycles. The Morgan fingerprint density at radius 3 is 2.12 bits per heavy atom. The van der Waals surface area contributed by atoms with Crippen molar-refractivity contribution in [3.63, 3.8) is 0 Å². The van der Waals surface area contributed by atoms with Crippen molar-refractivity contribution in [2.24, 2.45) is 0 Å². The van der Waals surface area contributed by atoms with Crippen molar-refractivity contribution in [2.45, 2.75) is 26.3 Å². The van der Waals surface area contributed by atoms with Gasteiger partial charge in [-0.05, 0) is 49.7 Å². The maximum atomic E-state index is 12.3. The van der Waals surface area contributed by atoms with Gasteiger partial charge in [0.25, 0.3) is 11.8 Å². The first kappa shape index (κ1) is 18.2. The lowest BCUT2D eigenvalue weighted by molar-refractivity contribution is 0.0692. The number of anilines is 1. The van der Waals surface area contributed by atoms with E-state index in [1.54, 1.807) is 36.4 Å². The molecule has 0 unspecified atom stereocenters. The van der Waals surface area contributed by atoms with Gasteiger partial charge in [0.15, 0.2) is 0 Å². The van der Waals surface area contributed by atoms with Gasteiger partial charge in [-0.15, -0.1) is 0 Å². The van der Waals surface area contributed by atoms with Crippen LogP contribution >= 0.6 is 0 Å². The van der Waals surface area contributed by atoms with Gasteiger partial charge in [0, 0.05) is 17.3 Å². The minimum Gasteiger partial charge on any atom is -0.478 e. The molecule has 1 atom stereocenters. The zero-order valence-electron chi connectivity index (χ0n) is 14.1. The highest BCUT2D eigenvalue weighted by Gasteiger charge is 2.16. The summed E-state index contributed by atoms with van der Waals surface area (Å²) in [5.41, 5.74) is 0.979. The summed E-state index contributed by atoms with van der Waals surface area (Å²) in [5.74, 6) is -1.86. The summed E-state index contributed by atoms with van der Waals surface area (Å²) in [5, 5.41) is 14.6. The van der Waals surface area contributed by atoms with Crippen LogP contribution < -0.4 is 10.6 Å². The number of hydrogen-bond donors (Lipinski definition) is 3. The molecule has 0 radical (unpaired) electrons. The summed E-state index contributed by atoms with van der Waals surface area (Å²) >= 11 is 0. The average Bonchev–Trinajstić information content (AvgIpc) is 2.62. The number of carboxylic acid groups (broad SMARTS) is 1. The first-order valence-corrected chi connectivity index (χ1v) is 7.97. The normalized spacial score (nSPS) is 11.4. The standard InChI is InChI=1S/C19H20N2O4/c1-3-12(2)20-17(22)13-8-10-14(11-9-13)21-18(23)15-6-4-5-7-16(15)19(24)25/h4-12H,3H2,1-2H3,(H,20,22)(H,21,23)(H,24,25)/t12-/m1/s1. The van der Waals surface area contributed by atoms with Crippen LogP contribution in [-0.4, -0.2) is 28.9 Å². The van der Waals surface area contributed by atoms with Gasteiger partial charge in [-0.2, -0.15) is 0 Å². The first-order valence-electron chi connectivity index (χ1n) is 7.97. The molecule has 2 rings (SSSR count). The third-order valence-electron chi connectivity index (χ3n) is 3.80. The summed E-state index contributed by atoms with van der Waals surface area (Å²) < 4.78 is 0. The SMILES string of the molecule is CC[C@@H](C)NC(=O)c1ccc(NC(=O)c2ccccc2C(=O)O)cc1. The number of rotatable bonds is 6. The molecule has 6 heteroatoms. The van der Waals surface area contributed by atoms with Crippen molar-refractivity contribution in [2.75, 3.05) is 5.32 Å². The lowest BCUT2D eigenvalue weighted by Gasteiger charge is -2.12. The Morgan fingerprint density at radius 2 is 1.56 bits per heavy atom. The molecule has 0 aliphatic rings. The molecule has 25 heavy (non-hydrogen) atoms. The van der Waals surface area contributed by atoms with E-state index < -0.39 is 11.9 Å². The van der Waals surface area contributed by atoms with E-state index in [1.807, 2.05) is 13.8 Å². The Kier molecular flexibility index (Phi) is 5.89. The maximum Gasteiger partial charge on any atom is 0.336 e. The molecule has 6 nitrogen and oxygen atoms in total. The molecular weight excluding hydrogens is 320 g/mol. The first-order chi connectivity index (χ1) is 11.9. The highest BCUT2D eigenvalue weighted by molar-refractivity contribution is 6.10. The molecular formula is C19H20N2O4. The van der Waals surface area contributed by atoms with Gasteiger partial charge < -0.3 is 15.7 Å². The summed E-state index contributed by atoms with van der Waals surface area (Å²) in [7, 11) is 0. The van der Waals surface area contributed by atoms with Crippen LogP contribution in [0, 0.1) is 0 Å². The van der Waals surface area contributed by atoms with E-state index in [9.17, 15) is 14.4 Å². The van der Waals surface area contributed by atoms with Gasteiger partial charge in [0.2, 0.25) is 0 Å². The van der Waals surface area contributed by atoms with E-state index >= 15 is 0 Å². The Morgan fingerprint density at radius 1 is 0.960 bits per heavy atom. The Bertz CT molecular complexity index is 784. The van der Waals surface area contributed by atoms with Crippen LogP contribution in [0.1, 0.15) is 51.3 Å². The Balaban J connectivity index is 2.10. The van der Waals surface area contributed by atoms with E-state index in [2.05, 4.69) is 10.6 Å². The second kappa shape index (κ2) is 8.10. The molecule has 0 spiro atoms. The molecule has 0 aliphatic heterocycles. The lowest BCUT2D eigenvalue weighted by atomic mass is 10.1. The van der Waals surface area contributed by atoms with Crippen LogP contribution in [0.2, 0.25) is 0 Å². The van der Waals surface area contributed by atoms with Gasteiger partial charge in [-0.1, -0.05) is 19.1 Å². The number of nitrogens with one attached hydrogen (secondary N) is 2. The lowest BCUT2D eigenvalue weighted by Crippen LogP contribution is -2.31. The van der Waals surface area contributed by atoms with Crippen molar-refractivity contribution in [1.29, 1.82) is 0 Å². The average molecular weight is 340 g/mol. The molecule has 2 aromatic carbocycles. The van der Waals surface area contributed by atoms with Gasteiger partial charge in [-0.3, -0.25) is 9.59 Å². The second-order valence-electron chi connectivity index (χ2n) is 5.66. The highest BCUT2D eigenvalue weighted by Crippen LogP contribution is 2.14. The van der Waals surface area contributed by atoms with E-state index in [4.69, 9.17) is 5.11 Å². The number of carbonyl (C=O) groups is 3. The quantitative estimate of drug-likeness (QED) is 0.752. The number of carbonyl (C=O) groups excluding carboxylic acids is 2. The van der Waals surface area contributed by atoms with Crippen molar-refractivity contribution in [3.05, 3.63) is 65.2 Å². The number of benzene rings is 2. The van der Waals surface area contributed by atoms with E-state index in [0.717, 1.165) is 6.42 Å². The molecule has 3 N–H and O–H groups in total. The second-order valence-corrected chi connectivity index (χ2v) is 5.66. The molecule has 0 heterocycles.